The number of aromatic carboxylic acids is 2. The summed E-state index contributed by atoms with van der Waals surface area (Å²) in [6.07, 6.45) is 6.46. The van der Waals surface area contributed by atoms with Gasteiger partial charge in [-0.1, -0.05) is 0 Å². The van der Waals surface area contributed by atoms with Gasteiger partial charge in [0.2, 0.25) is 10.9 Å². The van der Waals surface area contributed by atoms with Crippen molar-refractivity contribution < 1.29 is 19.8 Å². The van der Waals surface area contributed by atoms with Crippen molar-refractivity contribution in [3.05, 3.63) is 91.4 Å². The Hall–Kier alpha value is -5.48. The van der Waals surface area contributed by atoms with Crippen LogP contribution in [0, 0.1) is 0 Å². The third-order valence-electron chi connectivity index (χ3n) is 7.78. The maximum Gasteiger partial charge on any atom is 0.341 e. The molecule has 14 nitrogen and oxygen atoms in total. The molecule has 1 aliphatic rings. The number of aromatic nitrogens is 6. The van der Waals surface area contributed by atoms with E-state index in [9.17, 15) is 29.4 Å². The molecule has 0 unspecified atom stereocenters. The molecule has 6 aromatic heterocycles. The summed E-state index contributed by atoms with van der Waals surface area (Å²) >= 11 is 2.59. The fourth-order valence-electron chi connectivity index (χ4n) is 5.48. The molecular formula is C29H22N8O6S2. The maximum atomic E-state index is 13.0. The molecule has 0 bridgehead atoms. The Morgan fingerprint density at radius 1 is 0.844 bits per heavy atom. The number of carbonyl (C=O) groups is 2. The predicted octanol–water partition coefficient (Wildman–Crippen LogP) is 3.11. The molecule has 2 N–H and O–H groups in total. The van der Waals surface area contributed by atoms with Gasteiger partial charge in [-0.05, 0) is 30.7 Å². The number of hydrogen-bond acceptors (Lipinski definition) is 12. The molecule has 1 atom stereocenters. The fourth-order valence-corrected chi connectivity index (χ4v) is 6.71. The van der Waals surface area contributed by atoms with Crippen molar-refractivity contribution in [3.63, 3.8) is 0 Å². The molecule has 1 saturated heterocycles. The molecule has 0 saturated carbocycles. The van der Waals surface area contributed by atoms with Crippen molar-refractivity contribution in [1.29, 1.82) is 0 Å². The van der Waals surface area contributed by atoms with Crippen molar-refractivity contribution in [3.8, 4) is 10.3 Å². The summed E-state index contributed by atoms with van der Waals surface area (Å²) in [7, 11) is 1.90. The van der Waals surface area contributed by atoms with Crippen LogP contribution >= 0.6 is 22.7 Å². The van der Waals surface area contributed by atoms with Crippen molar-refractivity contribution in [1.82, 2.24) is 29.1 Å². The van der Waals surface area contributed by atoms with Crippen LogP contribution < -0.4 is 20.7 Å². The lowest BCUT2D eigenvalue weighted by Gasteiger charge is -2.26. The zero-order valence-corrected chi connectivity index (χ0v) is 25.0. The van der Waals surface area contributed by atoms with E-state index in [1.165, 1.54) is 44.2 Å². The summed E-state index contributed by atoms with van der Waals surface area (Å²) in [6, 6.07) is 6.60. The monoisotopic (exact) mass is 642 g/mol. The van der Waals surface area contributed by atoms with Crippen LogP contribution in [0.3, 0.4) is 0 Å². The number of pyridine rings is 4. The zero-order chi connectivity index (χ0) is 31.4. The second-order valence-electron chi connectivity index (χ2n) is 10.3. The summed E-state index contributed by atoms with van der Waals surface area (Å²) in [4.78, 5) is 71.7. The Kier molecular flexibility index (Phi) is 6.86. The first-order chi connectivity index (χ1) is 21.7. The SMILES string of the molecule is CN(c1ccc2c(=O)c(C(=O)O)cn(-c3nccs3)c2n1)[C@@H]1CCN(c2ccc3c(=O)c(C(=O)O)cn(-c4nccs4)c3n2)C1. The fraction of sp³-hybridized carbons (Fsp3) is 0.172. The molecule has 0 aromatic carbocycles. The van der Waals surface area contributed by atoms with Gasteiger partial charge in [-0.15, -0.1) is 22.7 Å². The third-order valence-corrected chi connectivity index (χ3v) is 9.32. The van der Waals surface area contributed by atoms with Gasteiger partial charge in [-0.25, -0.2) is 29.5 Å². The predicted molar refractivity (Wildman–Crippen MR) is 169 cm³/mol. The second-order valence-corrected chi connectivity index (χ2v) is 12.1. The van der Waals surface area contributed by atoms with Crippen molar-refractivity contribution >= 4 is 68.3 Å². The third kappa shape index (κ3) is 4.79. The van der Waals surface area contributed by atoms with Crippen molar-refractivity contribution in [2.75, 3.05) is 29.9 Å². The molecule has 1 aliphatic heterocycles. The van der Waals surface area contributed by atoms with Crippen LogP contribution in [0.4, 0.5) is 11.6 Å². The average Bonchev–Trinajstić information content (AvgIpc) is 3.84. The van der Waals surface area contributed by atoms with Gasteiger partial charge in [0.1, 0.15) is 22.8 Å². The van der Waals surface area contributed by atoms with E-state index in [2.05, 4.69) is 14.9 Å². The van der Waals surface area contributed by atoms with Gasteiger partial charge >= 0.3 is 11.9 Å². The van der Waals surface area contributed by atoms with E-state index in [1.807, 2.05) is 11.9 Å². The van der Waals surface area contributed by atoms with Gasteiger partial charge in [-0.2, -0.15) is 0 Å². The molecule has 7 rings (SSSR count). The van der Waals surface area contributed by atoms with Crippen LogP contribution in [0.2, 0.25) is 0 Å². The molecule has 226 valence electrons. The first-order valence-corrected chi connectivity index (χ1v) is 15.3. The molecule has 7 heterocycles. The maximum absolute atomic E-state index is 13.0. The smallest absolute Gasteiger partial charge is 0.341 e. The van der Waals surface area contributed by atoms with E-state index < -0.39 is 22.8 Å². The number of rotatable bonds is 7. The highest BCUT2D eigenvalue weighted by Crippen LogP contribution is 2.28. The number of fused-ring (bicyclic) bond motifs is 2. The van der Waals surface area contributed by atoms with E-state index in [0.717, 1.165) is 6.42 Å². The number of carboxylic acids is 2. The highest BCUT2D eigenvalue weighted by molar-refractivity contribution is 7.12. The second kappa shape index (κ2) is 10.9. The molecule has 0 aliphatic carbocycles. The van der Waals surface area contributed by atoms with Gasteiger partial charge < -0.3 is 20.0 Å². The Balaban J connectivity index is 1.22. The minimum Gasteiger partial charge on any atom is -0.477 e. The molecule has 0 amide bonds. The number of hydrogen-bond donors (Lipinski definition) is 2. The lowest BCUT2D eigenvalue weighted by molar-refractivity contribution is 0.0684. The molecule has 0 spiro atoms. The highest BCUT2D eigenvalue weighted by Gasteiger charge is 2.29. The Bertz CT molecular complexity index is 2250. The summed E-state index contributed by atoms with van der Waals surface area (Å²) in [5.41, 5.74) is -1.35. The normalized spacial score (nSPS) is 14.8. The molecule has 1 fully saturated rings. The molecular weight excluding hydrogens is 621 g/mol. The van der Waals surface area contributed by atoms with Crippen LogP contribution in [0.15, 0.2) is 69.4 Å². The topological polar surface area (TPSA) is 177 Å². The average molecular weight is 643 g/mol. The lowest BCUT2D eigenvalue weighted by atomic mass is 10.2. The number of nitrogens with zero attached hydrogens (tertiary/aromatic N) is 8. The largest absolute Gasteiger partial charge is 0.477 e. The van der Waals surface area contributed by atoms with Crippen LogP contribution in [0.1, 0.15) is 27.1 Å². The summed E-state index contributed by atoms with van der Waals surface area (Å²) < 4.78 is 3.06. The molecule has 0 radical (unpaired) electrons. The van der Waals surface area contributed by atoms with Crippen molar-refractivity contribution in [2.45, 2.75) is 12.5 Å². The zero-order valence-electron chi connectivity index (χ0n) is 23.4. The first kappa shape index (κ1) is 28.3. The van der Waals surface area contributed by atoms with Gasteiger partial charge in [0.15, 0.2) is 21.6 Å². The van der Waals surface area contributed by atoms with Crippen LogP contribution in [-0.2, 0) is 0 Å². The van der Waals surface area contributed by atoms with Crippen LogP contribution in [0.25, 0.3) is 32.3 Å². The van der Waals surface area contributed by atoms with E-state index in [4.69, 9.17) is 9.97 Å². The number of carboxylic acid groups (broad SMARTS) is 2. The van der Waals surface area contributed by atoms with E-state index in [1.54, 1.807) is 47.4 Å². The highest BCUT2D eigenvalue weighted by atomic mass is 32.1. The van der Waals surface area contributed by atoms with Crippen LogP contribution in [0.5, 0.6) is 0 Å². The summed E-state index contributed by atoms with van der Waals surface area (Å²) in [6.45, 7) is 1.22. The molecule has 45 heavy (non-hydrogen) atoms. The van der Waals surface area contributed by atoms with Gasteiger partial charge in [0.25, 0.3) is 0 Å². The van der Waals surface area contributed by atoms with Gasteiger partial charge in [0.05, 0.1) is 10.8 Å². The summed E-state index contributed by atoms with van der Waals surface area (Å²) in [5, 5.41) is 24.1. The quantitative estimate of drug-likeness (QED) is 0.261. The lowest BCUT2D eigenvalue weighted by Crippen LogP contribution is -2.35. The van der Waals surface area contributed by atoms with E-state index in [0.29, 0.717) is 46.3 Å². The number of thiazole rings is 2. The minimum absolute atomic E-state index is 0.00122. The Morgan fingerprint density at radius 3 is 1.93 bits per heavy atom. The van der Waals surface area contributed by atoms with Crippen LogP contribution in [-0.4, -0.2) is 77.4 Å². The Labute approximate surface area is 260 Å². The number of anilines is 2. The van der Waals surface area contributed by atoms with Gasteiger partial charge in [-0.3, -0.25) is 18.7 Å². The molecule has 6 aromatic rings. The van der Waals surface area contributed by atoms with E-state index >= 15 is 0 Å². The minimum atomic E-state index is -1.33. The Morgan fingerprint density at radius 2 is 1.40 bits per heavy atom. The van der Waals surface area contributed by atoms with E-state index in [-0.39, 0.29) is 27.9 Å². The molecule has 16 heteroatoms. The standard InChI is InChI=1S/C29H22N8O6S2/c1-34(20-4-2-16-22(38)18(26(40)41)13-36(24(16)32-20)28-30-7-10-44-28)15-6-9-35(12-15)21-5-3-17-23(39)19(27(42)43)14-37(25(17)33-21)29-31-8-11-45-29/h2-5,7-8,10-11,13-15H,6,9,12H2,1H3,(H,40,41)(H,42,43)/t15-/m1/s1. The first-order valence-electron chi connectivity index (χ1n) is 13.6. The van der Waals surface area contributed by atoms with Gasteiger partial charge in [0, 0.05) is 61.7 Å². The summed E-state index contributed by atoms with van der Waals surface area (Å²) in [5.74, 6) is -1.44. The van der Waals surface area contributed by atoms with Crippen molar-refractivity contribution in [2.24, 2.45) is 0 Å². The number of likely N-dealkylation sites (N-methyl/N-ethyl adjacent to an activating group) is 1.